The normalized spacial score (nSPS) is 17.9. The Kier molecular flexibility index (Phi) is 4.65. The minimum absolute atomic E-state index is 0.103. The summed E-state index contributed by atoms with van der Waals surface area (Å²) in [4.78, 5) is 12.8. The van der Waals surface area contributed by atoms with Crippen molar-refractivity contribution in [1.29, 1.82) is 0 Å². The Labute approximate surface area is 147 Å². The van der Waals surface area contributed by atoms with Crippen LogP contribution in [0.25, 0.3) is 11.3 Å². The summed E-state index contributed by atoms with van der Waals surface area (Å²) < 4.78 is 1.83. The molecule has 0 saturated carbocycles. The fourth-order valence-corrected chi connectivity index (χ4v) is 3.00. The molecule has 2 heterocycles. The summed E-state index contributed by atoms with van der Waals surface area (Å²) in [5, 5.41) is 11.6. The van der Waals surface area contributed by atoms with Crippen molar-refractivity contribution >= 4 is 17.5 Å². The van der Waals surface area contributed by atoms with Crippen LogP contribution in [0.1, 0.15) is 37.6 Å². The molecule has 24 heavy (non-hydrogen) atoms. The van der Waals surface area contributed by atoms with E-state index in [0.717, 1.165) is 25.1 Å². The van der Waals surface area contributed by atoms with E-state index in [4.69, 9.17) is 11.6 Å². The minimum atomic E-state index is -0.219. The van der Waals surface area contributed by atoms with Crippen LogP contribution in [0, 0.1) is 0 Å². The number of nitrogens with one attached hydrogen (secondary N) is 2. The predicted molar refractivity (Wildman–Crippen MR) is 96.4 cm³/mol. The van der Waals surface area contributed by atoms with Crippen LogP contribution in [0.15, 0.2) is 30.5 Å². The number of halogens is 1. The number of nitrogens with zero attached hydrogens (tertiary/aromatic N) is 2. The number of carbonyl (C=O) groups is 1. The molecule has 1 aromatic heterocycles. The fourth-order valence-electron chi connectivity index (χ4n) is 2.78. The smallest absolute Gasteiger partial charge is 0.255 e. The molecular formula is C18H23ClN4O. The number of hydrogen-bond donors (Lipinski definition) is 2. The molecule has 0 bridgehead atoms. The van der Waals surface area contributed by atoms with Gasteiger partial charge in [-0.25, -0.2) is 0 Å². The van der Waals surface area contributed by atoms with Crippen LogP contribution in [-0.2, 0) is 5.54 Å². The molecule has 128 valence electrons. The summed E-state index contributed by atoms with van der Waals surface area (Å²) in [7, 11) is 0. The number of aromatic nitrogens is 2. The van der Waals surface area contributed by atoms with E-state index in [1.165, 1.54) is 0 Å². The van der Waals surface area contributed by atoms with Gasteiger partial charge in [-0.1, -0.05) is 29.8 Å². The van der Waals surface area contributed by atoms with E-state index in [9.17, 15) is 4.79 Å². The largest absolute Gasteiger partial charge is 0.348 e. The van der Waals surface area contributed by atoms with E-state index >= 15 is 0 Å². The van der Waals surface area contributed by atoms with E-state index < -0.39 is 0 Å². The summed E-state index contributed by atoms with van der Waals surface area (Å²) in [5.74, 6) is -0.103. The fraction of sp³-hybridized carbons (Fsp3) is 0.444. The van der Waals surface area contributed by atoms with E-state index in [1.807, 2.05) is 35.1 Å². The zero-order valence-corrected chi connectivity index (χ0v) is 15.0. The lowest BCUT2D eigenvalue weighted by atomic mass is 10.1. The maximum absolute atomic E-state index is 12.8. The Morgan fingerprint density at radius 3 is 2.75 bits per heavy atom. The van der Waals surface area contributed by atoms with Crippen LogP contribution in [-0.4, -0.2) is 34.8 Å². The number of rotatable bonds is 3. The highest BCUT2D eigenvalue weighted by Crippen LogP contribution is 2.30. The van der Waals surface area contributed by atoms with Crippen LogP contribution in [0.4, 0.5) is 0 Å². The first-order valence-electron chi connectivity index (χ1n) is 8.23. The zero-order valence-electron chi connectivity index (χ0n) is 14.3. The number of amides is 1. The summed E-state index contributed by atoms with van der Waals surface area (Å²) >= 11 is 6.34. The van der Waals surface area contributed by atoms with Gasteiger partial charge in [0.25, 0.3) is 5.91 Å². The Morgan fingerprint density at radius 1 is 1.38 bits per heavy atom. The Bertz CT molecular complexity index is 742. The Hall–Kier alpha value is -1.85. The van der Waals surface area contributed by atoms with Gasteiger partial charge in [-0.3, -0.25) is 9.48 Å². The van der Waals surface area contributed by atoms with E-state index in [1.54, 1.807) is 0 Å². The molecule has 6 heteroatoms. The van der Waals surface area contributed by atoms with Crippen molar-refractivity contribution in [2.75, 3.05) is 13.1 Å². The van der Waals surface area contributed by atoms with E-state index in [2.05, 4.69) is 36.5 Å². The molecule has 1 aliphatic rings. The third-order valence-corrected chi connectivity index (χ3v) is 4.50. The van der Waals surface area contributed by atoms with Gasteiger partial charge in [0, 0.05) is 24.3 Å². The first kappa shape index (κ1) is 17.0. The maximum Gasteiger partial charge on any atom is 0.255 e. The van der Waals surface area contributed by atoms with Crippen molar-refractivity contribution in [3.05, 3.63) is 41.0 Å². The van der Waals surface area contributed by atoms with Gasteiger partial charge in [0.15, 0.2) is 0 Å². The molecular weight excluding hydrogens is 324 g/mol. The van der Waals surface area contributed by atoms with Crippen molar-refractivity contribution in [2.24, 2.45) is 0 Å². The zero-order chi connectivity index (χ0) is 17.3. The lowest BCUT2D eigenvalue weighted by molar-refractivity contribution is 0.0940. The number of hydrogen-bond acceptors (Lipinski definition) is 3. The molecule has 5 nitrogen and oxygen atoms in total. The quantitative estimate of drug-likeness (QED) is 0.898. The van der Waals surface area contributed by atoms with Crippen molar-refractivity contribution in [2.45, 2.75) is 38.8 Å². The highest BCUT2D eigenvalue weighted by Gasteiger charge is 2.26. The first-order valence-corrected chi connectivity index (χ1v) is 8.60. The molecule has 0 aliphatic carbocycles. The second-order valence-corrected chi connectivity index (χ2v) is 7.56. The SMILES string of the molecule is CC(C)(C)n1cc(C(=O)NC2CCNC2)c(-c2ccccc2Cl)n1. The Balaban J connectivity index is 2.01. The van der Waals surface area contributed by atoms with Gasteiger partial charge in [-0.2, -0.15) is 5.10 Å². The lowest BCUT2D eigenvalue weighted by Gasteiger charge is -2.18. The first-order chi connectivity index (χ1) is 11.4. The minimum Gasteiger partial charge on any atom is -0.348 e. The summed E-state index contributed by atoms with van der Waals surface area (Å²) in [6.07, 6.45) is 2.76. The molecule has 0 spiro atoms. The number of benzene rings is 1. The molecule has 1 amide bonds. The summed E-state index contributed by atoms with van der Waals surface area (Å²) in [6.45, 7) is 7.90. The van der Waals surface area contributed by atoms with Crippen molar-refractivity contribution in [3.8, 4) is 11.3 Å². The van der Waals surface area contributed by atoms with Gasteiger partial charge in [-0.05, 0) is 39.8 Å². The summed E-state index contributed by atoms with van der Waals surface area (Å²) in [6, 6.07) is 7.65. The summed E-state index contributed by atoms with van der Waals surface area (Å²) in [5.41, 5.74) is 1.74. The molecule has 2 N–H and O–H groups in total. The van der Waals surface area contributed by atoms with Crippen LogP contribution in [0.2, 0.25) is 5.02 Å². The highest BCUT2D eigenvalue weighted by atomic mass is 35.5. The maximum atomic E-state index is 12.8. The van der Waals surface area contributed by atoms with Gasteiger partial charge in [-0.15, -0.1) is 0 Å². The average molecular weight is 347 g/mol. The lowest BCUT2D eigenvalue weighted by Crippen LogP contribution is -2.36. The molecule has 3 rings (SSSR count). The average Bonchev–Trinajstić information content (AvgIpc) is 3.16. The van der Waals surface area contributed by atoms with Crippen molar-refractivity contribution in [3.63, 3.8) is 0 Å². The monoisotopic (exact) mass is 346 g/mol. The molecule has 1 fully saturated rings. The van der Waals surface area contributed by atoms with Crippen molar-refractivity contribution < 1.29 is 4.79 Å². The molecule has 1 aliphatic heterocycles. The number of carbonyl (C=O) groups excluding carboxylic acids is 1. The van der Waals surface area contributed by atoms with Crippen molar-refractivity contribution in [1.82, 2.24) is 20.4 Å². The molecule has 2 aromatic rings. The van der Waals surface area contributed by atoms with Gasteiger partial charge in [0.2, 0.25) is 0 Å². The molecule has 1 aromatic carbocycles. The van der Waals surface area contributed by atoms with Gasteiger partial charge < -0.3 is 10.6 Å². The molecule has 0 radical (unpaired) electrons. The third-order valence-electron chi connectivity index (χ3n) is 4.17. The van der Waals surface area contributed by atoms with Crippen LogP contribution in [0.5, 0.6) is 0 Å². The van der Waals surface area contributed by atoms with E-state index in [0.29, 0.717) is 16.3 Å². The topological polar surface area (TPSA) is 59.0 Å². The van der Waals surface area contributed by atoms with Gasteiger partial charge in [0.1, 0.15) is 5.69 Å². The third kappa shape index (κ3) is 3.47. The highest BCUT2D eigenvalue weighted by molar-refractivity contribution is 6.33. The molecule has 1 saturated heterocycles. The van der Waals surface area contributed by atoms with Gasteiger partial charge >= 0.3 is 0 Å². The molecule has 1 atom stereocenters. The predicted octanol–water partition coefficient (Wildman–Crippen LogP) is 3.05. The van der Waals surface area contributed by atoms with E-state index in [-0.39, 0.29) is 17.5 Å². The van der Waals surface area contributed by atoms with Crippen LogP contribution in [0.3, 0.4) is 0 Å². The van der Waals surface area contributed by atoms with Crippen LogP contribution < -0.4 is 10.6 Å². The van der Waals surface area contributed by atoms with Crippen LogP contribution >= 0.6 is 11.6 Å². The van der Waals surface area contributed by atoms with Gasteiger partial charge in [0.05, 0.1) is 16.1 Å². The Morgan fingerprint density at radius 2 is 2.12 bits per heavy atom. The molecule has 1 unspecified atom stereocenters. The second kappa shape index (κ2) is 6.57. The standard InChI is InChI=1S/C18H23ClN4O/c1-18(2,3)23-11-14(17(24)21-12-8-9-20-10-12)16(22-23)13-6-4-5-7-15(13)19/h4-7,11-12,20H,8-10H2,1-3H3,(H,21,24). The second-order valence-electron chi connectivity index (χ2n) is 7.15.